The smallest absolute Gasteiger partial charge is 0.165 e. The van der Waals surface area contributed by atoms with E-state index < -0.39 is 0 Å². The van der Waals surface area contributed by atoms with E-state index in [1.54, 1.807) is 17.4 Å². The summed E-state index contributed by atoms with van der Waals surface area (Å²) in [6.45, 7) is 1.90. The monoisotopic (exact) mass is 264 g/mol. The van der Waals surface area contributed by atoms with Gasteiger partial charge in [-0.15, -0.1) is 21.5 Å². The van der Waals surface area contributed by atoms with Crippen LogP contribution in [0.5, 0.6) is 0 Å². The van der Waals surface area contributed by atoms with Crippen molar-refractivity contribution in [2.24, 2.45) is 0 Å². The van der Waals surface area contributed by atoms with E-state index >= 15 is 0 Å². The minimum atomic E-state index is 0.449. The summed E-state index contributed by atoms with van der Waals surface area (Å²) in [6, 6.07) is 5.84. The third-order valence-corrected chi connectivity index (χ3v) is 3.58. The average molecular weight is 265 g/mol. The molecule has 0 saturated carbocycles. The molecule has 0 spiro atoms. The van der Waals surface area contributed by atoms with Crippen molar-refractivity contribution in [2.45, 2.75) is 13.3 Å². The van der Waals surface area contributed by atoms with Gasteiger partial charge in [0.2, 0.25) is 0 Å². The summed E-state index contributed by atoms with van der Waals surface area (Å²) in [7, 11) is 0. The van der Waals surface area contributed by atoms with E-state index in [1.807, 2.05) is 17.4 Å². The number of halogens is 1. The standard InChI is InChI=1S/C11H9ClN4S/c1-7-13-9(12)6-11-15-14-10(16(7)11)5-8-3-2-4-17-8/h2-4,6H,5H2,1H3. The van der Waals surface area contributed by atoms with Crippen LogP contribution in [0.15, 0.2) is 23.6 Å². The lowest BCUT2D eigenvalue weighted by Gasteiger charge is -2.02. The SMILES string of the molecule is Cc1nc(Cl)cc2nnc(Cc3cccs3)n12. The Hall–Kier alpha value is -1.46. The van der Waals surface area contributed by atoms with Gasteiger partial charge in [0.1, 0.15) is 16.8 Å². The van der Waals surface area contributed by atoms with Crippen molar-refractivity contribution in [2.75, 3.05) is 0 Å². The fourth-order valence-corrected chi connectivity index (χ4v) is 2.72. The normalized spacial score (nSPS) is 11.2. The third-order valence-electron chi connectivity index (χ3n) is 2.51. The van der Waals surface area contributed by atoms with E-state index in [1.165, 1.54) is 4.88 Å². The zero-order valence-electron chi connectivity index (χ0n) is 9.09. The second-order valence-electron chi connectivity index (χ2n) is 3.69. The molecule has 17 heavy (non-hydrogen) atoms. The van der Waals surface area contributed by atoms with Gasteiger partial charge < -0.3 is 0 Å². The maximum absolute atomic E-state index is 5.89. The van der Waals surface area contributed by atoms with Crippen LogP contribution in [0, 0.1) is 6.92 Å². The first-order valence-electron chi connectivity index (χ1n) is 5.13. The van der Waals surface area contributed by atoms with Crippen LogP contribution in [0.2, 0.25) is 5.15 Å². The molecule has 0 radical (unpaired) electrons. The molecule has 3 rings (SSSR count). The number of nitrogens with zero attached hydrogens (tertiary/aromatic N) is 4. The van der Waals surface area contributed by atoms with Gasteiger partial charge >= 0.3 is 0 Å². The van der Waals surface area contributed by atoms with Gasteiger partial charge in [-0.25, -0.2) is 4.98 Å². The lowest BCUT2D eigenvalue weighted by atomic mass is 10.3. The van der Waals surface area contributed by atoms with Gasteiger partial charge in [0, 0.05) is 17.4 Å². The van der Waals surface area contributed by atoms with Crippen LogP contribution in [0.25, 0.3) is 5.65 Å². The maximum Gasteiger partial charge on any atom is 0.165 e. The molecule has 0 aliphatic carbocycles. The summed E-state index contributed by atoms with van der Waals surface area (Å²) in [5, 5.41) is 10.8. The first kappa shape index (κ1) is 10.7. The Balaban J connectivity index is 2.12. The van der Waals surface area contributed by atoms with E-state index in [9.17, 15) is 0 Å². The summed E-state index contributed by atoms with van der Waals surface area (Å²) in [4.78, 5) is 5.47. The van der Waals surface area contributed by atoms with Crippen LogP contribution in [0.4, 0.5) is 0 Å². The number of fused-ring (bicyclic) bond motifs is 1. The Kier molecular flexibility index (Phi) is 2.57. The molecule has 0 unspecified atom stereocenters. The highest BCUT2D eigenvalue weighted by Crippen LogP contribution is 2.17. The van der Waals surface area contributed by atoms with Gasteiger partial charge in [-0.05, 0) is 18.4 Å². The topological polar surface area (TPSA) is 43.1 Å². The summed E-state index contributed by atoms with van der Waals surface area (Å²) in [5.74, 6) is 1.70. The lowest BCUT2D eigenvalue weighted by Crippen LogP contribution is -2.01. The predicted molar refractivity (Wildman–Crippen MR) is 67.7 cm³/mol. The van der Waals surface area contributed by atoms with E-state index in [4.69, 9.17) is 11.6 Å². The zero-order chi connectivity index (χ0) is 11.8. The van der Waals surface area contributed by atoms with Crippen molar-refractivity contribution < 1.29 is 0 Å². The quantitative estimate of drug-likeness (QED) is 0.669. The van der Waals surface area contributed by atoms with E-state index in [0.29, 0.717) is 5.15 Å². The van der Waals surface area contributed by atoms with E-state index in [2.05, 4.69) is 26.6 Å². The molecule has 0 saturated heterocycles. The third kappa shape index (κ3) is 1.92. The summed E-state index contributed by atoms with van der Waals surface area (Å²) < 4.78 is 1.94. The Morgan fingerprint density at radius 3 is 3.06 bits per heavy atom. The molecule has 3 heterocycles. The minimum Gasteiger partial charge on any atom is -0.266 e. The number of hydrogen-bond acceptors (Lipinski definition) is 4. The molecular weight excluding hydrogens is 256 g/mol. The van der Waals surface area contributed by atoms with Crippen LogP contribution >= 0.6 is 22.9 Å². The number of rotatable bonds is 2. The molecule has 6 heteroatoms. The number of aromatic nitrogens is 4. The Bertz CT molecular complexity index is 659. The molecule has 0 aliphatic heterocycles. The zero-order valence-corrected chi connectivity index (χ0v) is 10.7. The number of aryl methyl sites for hydroxylation is 1. The van der Waals surface area contributed by atoms with Crippen LogP contribution in [0.3, 0.4) is 0 Å². The van der Waals surface area contributed by atoms with Crippen molar-refractivity contribution in [3.63, 3.8) is 0 Å². The highest BCUT2D eigenvalue weighted by Gasteiger charge is 2.10. The maximum atomic E-state index is 5.89. The van der Waals surface area contributed by atoms with Crippen molar-refractivity contribution in [3.8, 4) is 0 Å². The van der Waals surface area contributed by atoms with Crippen molar-refractivity contribution in [3.05, 3.63) is 45.3 Å². The van der Waals surface area contributed by atoms with E-state index in [-0.39, 0.29) is 0 Å². The van der Waals surface area contributed by atoms with Crippen molar-refractivity contribution >= 4 is 28.6 Å². The molecule has 86 valence electrons. The second-order valence-corrected chi connectivity index (χ2v) is 5.11. The van der Waals surface area contributed by atoms with Gasteiger partial charge in [-0.1, -0.05) is 17.7 Å². The van der Waals surface area contributed by atoms with Gasteiger partial charge in [-0.3, -0.25) is 4.40 Å². The van der Waals surface area contributed by atoms with E-state index in [0.717, 1.165) is 23.7 Å². The molecule has 0 amide bonds. The van der Waals surface area contributed by atoms with Gasteiger partial charge in [-0.2, -0.15) is 0 Å². The van der Waals surface area contributed by atoms with Gasteiger partial charge in [0.05, 0.1) is 0 Å². The fourth-order valence-electron chi connectivity index (χ4n) is 1.80. The van der Waals surface area contributed by atoms with Crippen LogP contribution in [0.1, 0.15) is 16.5 Å². The molecule has 0 atom stereocenters. The molecule has 4 nitrogen and oxygen atoms in total. The van der Waals surface area contributed by atoms with Crippen molar-refractivity contribution in [1.82, 2.24) is 19.6 Å². The highest BCUT2D eigenvalue weighted by atomic mass is 35.5. The number of thiophene rings is 1. The minimum absolute atomic E-state index is 0.449. The lowest BCUT2D eigenvalue weighted by molar-refractivity contribution is 0.891. The first-order chi connectivity index (χ1) is 8.24. The highest BCUT2D eigenvalue weighted by molar-refractivity contribution is 7.09. The molecule has 0 N–H and O–H groups in total. The predicted octanol–water partition coefficient (Wildman–Crippen LogP) is 2.74. The van der Waals surface area contributed by atoms with Gasteiger partial charge in [0.15, 0.2) is 5.65 Å². The summed E-state index contributed by atoms with van der Waals surface area (Å²) in [6.07, 6.45) is 0.767. The fraction of sp³-hybridized carbons (Fsp3) is 0.182. The molecule has 0 aliphatic rings. The molecule has 3 aromatic heterocycles. The molecular formula is C11H9ClN4S. The molecule has 0 aromatic carbocycles. The summed E-state index contributed by atoms with van der Waals surface area (Å²) in [5.41, 5.74) is 0.744. The van der Waals surface area contributed by atoms with Crippen LogP contribution in [-0.4, -0.2) is 19.6 Å². The average Bonchev–Trinajstić information content (AvgIpc) is 2.88. The van der Waals surface area contributed by atoms with Gasteiger partial charge in [0.25, 0.3) is 0 Å². The largest absolute Gasteiger partial charge is 0.266 e. The van der Waals surface area contributed by atoms with Crippen LogP contribution < -0.4 is 0 Å². The molecule has 3 aromatic rings. The molecule has 0 bridgehead atoms. The second kappa shape index (κ2) is 4.09. The molecule has 0 fully saturated rings. The van der Waals surface area contributed by atoms with Crippen LogP contribution in [-0.2, 0) is 6.42 Å². The van der Waals surface area contributed by atoms with Crippen molar-refractivity contribution in [1.29, 1.82) is 0 Å². The number of hydrogen-bond donors (Lipinski definition) is 0. The first-order valence-corrected chi connectivity index (χ1v) is 6.39. The Morgan fingerprint density at radius 1 is 1.41 bits per heavy atom. The Morgan fingerprint density at radius 2 is 2.29 bits per heavy atom. The Labute approximate surface area is 107 Å². The summed E-state index contributed by atoms with van der Waals surface area (Å²) >= 11 is 7.60.